The lowest BCUT2D eigenvalue weighted by Gasteiger charge is -2.38. The highest BCUT2D eigenvalue weighted by atomic mass is 35.5. The molecule has 8 atom stereocenters. The minimum atomic E-state index is -1.20. The zero-order valence-corrected chi connectivity index (χ0v) is 23.9. The summed E-state index contributed by atoms with van der Waals surface area (Å²) in [7, 11) is 0. The highest BCUT2D eigenvalue weighted by molar-refractivity contribution is 6.30. The predicted octanol–water partition coefficient (Wildman–Crippen LogP) is 4.88. The number of hydrogen-bond acceptors (Lipinski definition) is 4. The molecule has 3 aliphatic heterocycles. The summed E-state index contributed by atoms with van der Waals surface area (Å²) in [5, 5.41) is 6.73. The van der Waals surface area contributed by atoms with Crippen LogP contribution >= 0.6 is 11.6 Å². The molecule has 2 aromatic carbocycles. The van der Waals surface area contributed by atoms with Gasteiger partial charge in [0.05, 0.1) is 17.9 Å². The van der Waals surface area contributed by atoms with Crippen molar-refractivity contribution in [1.82, 2.24) is 10.2 Å². The van der Waals surface area contributed by atoms with Crippen molar-refractivity contribution in [2.75, 3.05) is 5.32 Å². The molecule has 210 valence electrons. The quantitative estimate of drug-likeness (QED) is 0.492. The number of aryl methyl sites for hydroxylation is 1. The Morgan fingerprint density at radius 3 is 2.62 bits per heavy atom. The van der Waals surface area contributed by atoms with Gasteiger partial charge in [0, 0.05) is 23.3 Å². The van der Waals surface area contributed by atoms with Crippen molar-refractivity contribution < 1.29 is 19.1 Å². The van der Waals surface area contributed by atoms with Crippen molar-refractivity contribution >= 4 is 35.0 Å². The average molecular weight is 562 g/mol. The van der Waals surface area contributed by atoms with E-state index in [0.717, 1.165) is 30.4 Å². The molecule has 3 heterocycles. The number of carbonyl (C=O) groups excluding carboxylic acids is 3. The monoisotopic (exact) mass is 561 g/mol. The first kappa shape index (κ1) is 27.0. The fourth-order valence-corrected chi connectivity index (χ4v) is 7.36. The van der Waals surface area contributed by atoms with Gasteiger partial charge in [0.2, 0.25) is 17.7 Å². The second-order valence-electron chi connectivity index (χ2n) is 12.0. The molecule has 2 bridgehead atoms. The number of nitrogens with one attached hydrogen (secondary N) is 2. The molecule has 1 spiro atoms. The summed E-state index contributed by atoms with van der Waals surface area (Å²) in [4.78, 5) is 43.6. The molecule has 8 heteroatoms. The van der Waals surface area contributed by atoms with Gasteiger partial charge in [0.1, 0.15) is 11.6 Å². The molecule has 2 aromatic rings. The first-order valence-corrected chi connectivity index (χ1v) is 14.7. The van der Waals surface area contributed by atoms with Crippen molar-refractivity contribution in [3.63, 3.8) is 0 Å². The lowest BCUT2D eigenvalue weighted by molar-refractivity contribution is -0.142. The lowest BCUT2D eigenvalue weighted by atomic mass is 9.73. The molecule has 0 radical (unpaired) electrons. The van der Waals surface area contributed by atoms with Crippen molar-refractivity contribution in [3.05, 3.63) is 76.8 Å². The summed E-state index contributed by atoms with van der Waals surface area (Å²) in [6.07, 6.45) is 6.24. The van der Waals surface area contributed by atoms with Gasteiger partial charge in [-0.15, -0.1) is 0 Å². The minimum Gasteiger partial charge on any atom is -0.359 e. The van der Waals surface area contributed by atoms with Crippen LogP contribution in [0.1, 0.15) is 44.2 Å². The number of fused-ring (bicyclic) bond motifs is 1. The highest BCUT2D eigenvalue weighted by Crippen LogP contribution is 2.55. The van der Waals surface area contributed by atoms with Gasteiger partial charge in [-0.25, -0.2) is 0 Å². The molecule has 7 nitrogen and oxygen atoms in total. The van der Waals surface area contributed by atoms with Gasteiger partial charge in [0.15, 0.2) is 0 Å². The number of carbonyl (C=O) groups is 3. The third kappa shape index (κ3) is 4.53. The Bertz CT molecular complexity index is 1360. The van der Waals surface area contributed by atoms with E-state index in [1.165, 1.54) is 0 Å². The van der Waals surface area contributed by atoms with Crippen LogP contribution in [0.2, 0.25) is 5.02 Å². The van der Waals surface area contributed by atoms with E-state index >= 15 is 0 Å². The Balaban J connectivity index is 1.33. The Hall–Kier alpha value is -3.16. The minimum absolute atomic E-state index is 0.0348. The van der Waals surface area contributed by atoms with Crippen LogP contribution < -0.4 is 10.6 Å². The molecular weight excluding hydrogens is 526 g/mol. The van der Waals surface area contributed by atoms with Crippen LogP contribution in [0.3, 0.4) is 0 Å². The van der Waals surface area contributed by atoms with Crippen LogP contribution in [0, 0.1) is 30.6 Å². The second-order valence-corrected chi connectivity index (χ2v) is 12.5. The van der Waals surface area contributed by atoms with Gasteiger partial charge >= 0.3 is 0 Å². The normalized spacial score (nSPS) is 34.1. The van der Waals surface area contributed by atoms with Crippen molar-refractivity contribution in [2.24, 2.45) is 23.7 Å². The SMILES string of the molecule is Cc1ccc(CN2C(=O)[C@@H]3C(C(=O)Nc4cccc(Cl)c4)[C@@H]4C=CC3(O4)C2C(=O)NC2CCCC(C)C2C)cc1. The number of rotatable bonds is 6. The molecule has 0 aromatic heterocycles. The average Bonchev–Trinajstić information content (AvgIpc) is 3.55. The summed E-state index contributed by atoms with van der Waals surface area (Å²) in [6.45, 7) is 6.69. The lowest BCUT2D eigenvalue weighted by Crippen LogP contribution is -2.57. The maximum Gasteiger partial charge on any atom is 0.246 e. The van der Waals surface area contributed by atoms with Crippen molar-refractivity contribution in [3.8, 4) is 0 Å². The summed E-state index contributed by atoms with van der Waals surface area (Å²) < 4.78 is 6.49. The van der Waals surface area contributed by atoms with Gasteiger partial charge in [-0.2, -0.15) is 0 Å². The third-order valence-corrected chi connectivity index (χ3v) is 9.76. The molecule has 40 heavy (non-hydrogen) atoms. The molecule has 1 saturated carbocycles. The van der Waals surface area contributed by atoms with E-state index in [2.05, 4.69) is 24.5 Å². The second kappa shape index (κ2) is 10.3. The van der Waals surface area contributed by atoms with Crippen LogP contribution in [-0.2, 0) is 25.7 Å². The highest BCUT2D eigenvalue weighted by Gasteiger charge is 2.72. The van der Waals surface area contributed by atoms with Crippen molar-refractivity contribution in [1.29, 1.82) is 0 Å². The fraction of sp³-hybridized carbons (Fsp3) is 0.469. The summed E-state index contributed by atoms with van der Waals surface area (Å²) in [6, 6.07) is 14.0. The van der Waals surface area contributed by atoms with Gasteiger partial charge in [-0.05, 0) is 48.9 Å². The molecule has 4 aliphatic rings. The predicted molar refractivity (Wildman–Crippen MR) is 153 cm³/mol. The van der Waals surface area contributed by atoms with E-state index in [0.29, 0.717) is 22.5 Å². The Morgan fingerprint density at radius 1 is 1.10 bits per heavy atom. The molecule has 3 fully saturated rings. The molecule has 6 rings (SSSR count). The molecule has 6 unspecified atom stereocenters. The van der Waals surface area contributed by atoms with Crippen LogP contribution in [0.15, 0.2) is 60.7 Å². The number of amides is 3. The van der Waals surface area contributed by atoms with Gasteiger partial charge in [0.25, 0.3) is 0 Å². The first-order chi connectivity index (χ1) is 19.2. The molecule has 3 amide bonds. The van der Waals surface area contributed by atoms with E-state index in [1.807, 2.05) is 43.3 Å². The molecule has 2 N–H and O–H groups in total. The topological polar surface area (TPSA) is 87.7 Å². The molecule has 2 saturated heterocycles. The maximum atomic E-state index is 14.2. The first-order valence-electron chi connectivity index (χ1n) is 14.3. The van der Waals surface area contributed by atoms with Crippen LogP contribution in [0.4, 0.5) is 5.69 Å². The summed E-state index contributed by atoms with van der Waals surface area (Å²) in [5.74, 6) is -1.48. The van der Waals surface area contributed by atoms with E-state index in [4.69, 9.17) is 16.3 Å². The van der Waals surface area contributed by atoms with Crippen molar-refractivity contribution in [2.45, 2.75) is 70.4 Å². The van der Waals surface area contributed by atoms with Gasteiger partial charge in [-0.1, -0.05) is 86.3 Å². The summed E-state index contributed by atoms with van der Waals surface area (Å²) in [5.41, 5.74) is 1.39. The van der Waals surface area contributed by atoms with Crippen LogP contribution in [0.25, 0.3) is 0 Å². The van der Waals surface area contributed by atoms with E-state index in [1.54, 1.807) is 29.2 Å². The Morgan fingerprint density at radius 2 is 1.88 bits per heavy atom. The van der Waals surface area contributed by atoms with E-state index < -0.39 is 29.6 Å². The molecule has 1 aliphatic carbocycles. The smallest absolute Gasteiger partial charge is 0.246 e. The zero-order valence-electron chi connectivity index (χ0n) is 23.1. The number of halogens is 1. The third-order valence-electron chi connectivity index (χ3n) is 9.53. The zero-order chi connectivity index (χ0) is 28.2. The van der Waals surface area contributed by atoms with Gasteiger partial charge < -0.3 is 20.3 Å². The van der Waals surface area contributed by atoms with Crippen LogP contribution in [-0.4, -0.2) is 46.4 Å². The maximum absolute atomic E-state index is 14.2. The van der Waals surface area contributed by atoms with Crippen LogP contribution in [0.5, 0.6) is 0 Å². The number of likely N-dealkylation sites (tertiary alicyclic amines) is 1. The number of ether oxygens (including phenoxy) is 1. The number of anilines is 1. The number of benzene rings is 2. The largest absolute Gasteiger partial charge is 0.359 e. The Kier molecular flexibility index (Phi) is 6.99. The standard InChI is InChI=1S/C32H36ClN3O4/c1-18-10-12-21(13-11-18)17-36-28(30(38)35-24-9-4-6-19(2)20(24)3)32-15-14-25(40-32)26(27(32)31(36)39)29(37)34-23-8-5-7-22(33)16-23/h5,7-8,10-16,19-20,24-28H,4,6,9,17H2,1-3H3,(H,34,37)(H,35,38)/t19?,20?,24?,25-,26?,27-,28?,32?/m0/s1. The number of hydrogen-bond donors (Lipinski definition) is 2. The molecular formula is C32H36ClN3O4. The fourth-order valence-electron chi connectivity index (χ4n) is 7.17. The number of nitrogens with zero attached hydrogens (tertiary/aromatic N) is 1. The van der Waals surface area contributed by atoms with E-state index in [9.17, 15) is 14.4 Å². The Labute approximate surface area is 240 Å². The summed E-state index contributed by atoms with van der Waals surface area (Å²) >= 11 is 6.13. The van der Waals surface area contributed by atoms with E-state index in [-0.39, 0.29) is 30.3 Å². The van der Waals surface area contributed by atoms with Gasteiger partial charge in [-0.3, -0.25) is 14.4 Å².